The summed E-state index contributed by atoms with van der Waals surface area (Å²) in [4.78, 5) is 2.09. The molecule has 0 radical (unpaired) electrons. The highest BCUT2D eigenvalue weighted by Gasteiger charge is 2.19. The number of nitrogens with zero attached hydrogens (tertiary/aromatic N) is 1. The third kappa shape index (κ3) is 2.37. The van der Waals surface area contributed by atoms with Gasteiger partial charge in [-0.2, -0.15) is 11.8 Å². The molecular weight excluding hydrogens is 211 g/mol. The Morgan fingerprint density at radius 2 is 2.33 bits per heavy atom. The van der Waals surface area contributed by atoms with Gasteiger partial charge in [-0.05, 0) is 18.2 Å². The molecule has 4 heteroatoms. The smallest absolute Gasteiger partial charge is 0.148 e. The van der Waals surface area contributed by atoms with Crippen LogP contribution in [-0.2, 0) is 0 Å². The van der Waals surface area contributed by atoms with Gasteiger partial charge in [-0.15, -0.1) is 0 Å². The molecule has 2 rings (SSSR count). The Kier molecular flexibility index (Phi) is 3.05. The van der Waals surface area contributed by atoms with Crippen LogP contribution in [0.2, 0.25) is 0 Å². The summed E-state index contributed by atoms with van der Waals surface area (Å²) in [6.45, 7) is 3.99. The summed E-state index contributed by atoms with van der Waals surface area (Å²) in [6.07, 6.45) is 0. The van der Waals surface area contributed by atoms with E-state index in [1.165, 1.54) is 6.07 Å². The van der Waals surface area contributed by atoms with Gasteiger partial charge in [-0.1, -0.05) is 6.92 Å². The van der Waals surface area contributed by atoms with Crippen LogP contribution in [0.1, 0.15) is 6.92 Å². The Balaban J connectivity index is 2.21. The van der Waals surface area contributed by atoms with Crippen molar-refractivity contribution in [3.05, 3.63) is 24.0 Å². The van der Waals surface area contributed by atoms with Crippen LogP contribution in [0.15, 0.2) is 18.2 Å². The fourth-order valence-electron chi connectivity index (χ4n) is 1.82. The highest BCUT2D eigenvalue weighted by atomic mass is 32.2. The predicted octanol–water partition coefficient (Wildman–Crippen LogP) is 2.35. The van der Waals surface area contributed by atoms with Crippen LogP contribution in [-0.4, -0.2) is 24.1 Å². The fourth-order valence-corrected chi connectivity index (χ4v) is 2.83. The first kappa shape index (κ1) is 10.6. The van der Waals surface area contributed by atoms with Crippen LogP contribution < -0.4 is 10.6 Å². The maximum absolute atomic E-state index is 13.6. The third-order valence-corrected chi connectivity index (χ3v) is 3.69. The van der Waals surface area contributed by atoms with Gasteiger partial charge in [0, 0.05) is 29.8 Å². The van der Waals surface area contributed by atoms with E-state index < -0.39 is 0 Å². The second-order valence-electron chi connectivity index (χ2n) is 3.84. The summed E-state index contributed by atoms with van der Waals surface area (Å²) in [5.74, 6) is 0.847. The molecular formula is C11H15FN2S. The maximum Gasteiger partial charge on any atom is 0.148 e. The van der Waals surface area contributed by atoms with Crippen molar-refractivity contribution in [1.82, 2.24) is 0 Å². The Labute approximate surface area is 93.6 Å². The van der Waals surface area contributed by atoms with E-state index in [1.807, 2.05) is 11.8 Å². The number of halogens is 1. The molecule has 15 heavy (non-hydrogen) atoms. The third-order valence-electron chi connectivity index (χ3n) is 2.55. The van der Waals surface area contributed by atoms with Gasteiger partial charge in [0.15, 0.2) is 0 Å². The largest absolute Gasteiger partial charge is 0.399 e. The molecule has 1 saturated heterocycles. The average molecular weight is 226 g/mol. The van der Waals surface area contributed by atoms with Crippen molar-refractivity contribution in [1.29, 1.82) is 0 Å². The topological polar surface area (TPSA) is 29.3 Å². The Morgan fingerprint density at radius 1 is 1.53 bits per heavy atom. The van der Waals surface area contributed by atoms with Crippen LogP contribution in [0.5, 0.6) is 0 Å². The van der Waals surface area contributed by atoms with E-state index in [0.29, 0.717) is 16.6 Å². The van der Waals surface area contributed by atoms with E-state index in [1.54, 1.807) is 12.1 Å². The number of nitrogen functional groups attached to an aromatic ring is 1. The Morgan fingerprint density at radius 3 is 3.00 bits per heavy atom. The van der Waals surface area contributed by atoms with Crippen LogP contribution in [0.4, 0.5) is 15.8 Å². The van der Waals surface area contributed by atoms with E-state index in [2.05, 4.69) is 11.8 Å². The van der Waals surface area contributed by atoms with Gasteiger partial charge >= 0.3 is 0 Å². The summed E-state index contributed by atoms with van der Waals surface area (Å²) in [7, 11) is 0. The zero-order valence-electron chi connectivity index (χ0n) is 8.74. The predicted molar refractivity (Wildman–Crippen MR) is 64.9 cm³/mol. The summed E-state index contributed by atoms with van der Waals surface area (Å²) >= 11 is 1.94. The van der Waals surface area contributed by atoms with E-state index >= 15 is 0 Å². The summed E-state index contributed by atoms with van der Waals surface area (Å²) in [5.41, 5.74) is 6.68. The van der Waals surface area contributed by atoms with E-state index in [9.17, 15) is 4.39 Å². The molecule has 1 fully saturated rings. The zero-order chi connectivity index (χ0) is 10.8. The van der Waals surface area contributed by atoms with Crippen molar-refractivity contribution in [2.75, 3.05) is 29.5 Å². The second-order valence-corrected chi connectivity index (χ2v) is 5.38. The zero-order valence-corrected chi connectivity index (χ0v) is 9.56. The van der Waals surface area contributed by atoms with Gasteiger partial charge in [0.1, 0.15) is 5.82 Å². The number of hydrogen-bond acceptors (Lipinski definition) is 3. The number of hydrogen-bond donors (Lipinski definition) is 1. The molecule has 0 spiro atoms. The van der Waals surface area contributed by atoms with E-state index in [4.69, 9.17) is 5.73 Å². The second kappa shape index (κ2) is 4.31. The molecule has 0 saturated carbocycles. The fraction of sp³-hybridized carbons (Fsp3) is 0.455. The normalized spacial score (nSPS) is 21.7. The molecule has 0 bridgehead atoms. The Bertz CT molecular complexity index is 356. The van der Waals surface area contributed by atoms with Crippen molar-refractivity contribution < 1.29 is 4.39 Å². The Hall–Kier alpha value is -0.900. The van der Waals surface area contributed by atoms with Crippen LogP contribution >= 0.6 is 11.8 Å². The minimum absolute atomic E-state index is 0.214. The standard InChI is InChI=1S/C11H15FN2S/c1-8-7-14(4-5-15-8)11-3-2-9(13)6-10(11)12/h2-3,6,8H,4-5,7,13H2,1H3. The van der Waals surface area contributed by atoms with Crippen LogP contribution in [0, 0.1) is 5.82 Å². The number of nitrogens with two attached hydrogens (primary N) is 1. The van der Waals surface area contributed by atoms with Gasteiger partial charge in [-0.25, -0.2) is 4.39 Å². The molecule has 1 aromatic carbocycles. The number of anilines is 2. The van der Waals surface area contributed by atoms with Crippen molar-refractivity contribution in [2.45, 2.75) is 12.2 Å². The number of thioether (sulfide) groups is 1. The summed E-state index contributed by atoms with van der Waals surface area (Å²) in [6, 6.07) is 4.92. The molecule has 0 aromatic heterocycles. The van der Waals surface area contributed by atoms with Crippen molar-refractivity contribution in [3.8, 4) is 0 Å². The molecule has 1 unspecified atom stereocenters. The molecule has 1 aromatic rings. The van der Waals surface area contributed by atoms with Crippen molar-refractivity contribution in [2.24, 2.45) is 0 Å². The molecule has 2 N–H and O–H groups in total. The number of benzene rings is 1. The molecule has 1 atom stereocenters. The minimum atomic E-state index is -0.214. The van der Waals surface area contributed by atoms with Crippen molar-refractivity contribution in [3.63, 3.8) is 0 Å². The lowest BCUT2D eigenvalue weighted by Crippen LogP contribution is -2.37. The van der Waals surface area contributed by atoms with Crippen LogP contribution in [0.25, 0.3) is 0 Å². The first-order valence-corrected chi connectivity index (χ1v) is 6.13. The van der Waals surface area contributed by atoms with Gasteiger partial charge in [0.05, 0.1) is 5.69 Å². The van der Waals surface area contributed by atoms with E-state index in [0.717, 1.165) is 18.8 Å². The quantitative estimate of drug-likeness (QED) is 0.745. The van der Waals surface area contributed by atoms with Crippen molar-refractivity contribution >= 4 is 23.1 Å². The molecule has 1 aliphatic heterocycles. The molecule has 0 aliphatic carbocycles. The number of rotatable bonds is 1. The highest BCUT2D eigenvalue weighted by Crippen LogP contribution is 2.26. The minimum Gasteiger partial charge on any atom is -0.399 e. The maximum atomic E-state index is 13.6. The van der Waals surface area contributed by atoms with Gasteiger partial charge in [-0.3, -0.25) is 0 Å². The summed E-state index contributed by atoms with van der Waals surface area (Å²) < 4.78 is 13.6. The first-order chi connectivity index (χ1) is 7.16. The molecule has 82 valence electrons. The summed E-state index contributed by atoms with van der Waals surface area (Å²) in [5, 5.41) is 0.565. The van der Waals surface area contributed by atoms with E-state index in [-0.39, 0.29) is 5.82 Å². The average Bonchev–Trinajstić information content (AvgIpc) is 2.17. The van der Waals surface area contributed by atoms with Gasteiger partial charge in [0.2, 0.25) is 0 Å². The highest BCUT2D eigenvalue weighted by molar-refractivity contribution is 8.00. The van der Waals surface area contributed by atoms with Gasteiger partial charge in [0.25, 0.3) is 0 Å². The monoisotopic (exact) mass is 226 g/mol. The SMILES string of the molecule is CC1CN(c2ccc(N)cc2F)CCS1. The molecule has 2 nitrogen and oxygen atoms in total. The van der Waals surface area contributed by atoms with Gasteiger partial charge < -0.3 is 10.6 Å². The lowest BCUT2D eigenvalue weighted by Gasteiger charge is -2.32. The molecule has 0 amide bonds. The first-order valence-electron chi connectivity index (χ1n) is 5.08. The molecule has 1 aliphatic rings. The molecule has 1 heterocycles. The lowest BCUT2D eigenvalue weighted by atomic mass is 10.2. The van der Waals surface area contributed by atoms with Crippen LogP contribution in [0.3, 0.4) is 0 Å². The lowest BCUT2D eigenvalue weighted by molar-refractivity contribution is 0.617.